The van der Waals surface area contributed by atoms with Crippen molar-refractivity contribution in [3.05, 3.63) is 30.5 Å². The number of pyridine rings is 1. The van der Waals surface area contributed by atoms with Crippen molar-refractivity contribution in [2.75, 3.05) is 12.4 Å². The van der Waals surface area contributed by atoms with E-state index in [0.29, 0.717) is 0 Å². The van der Waals surface area contributed by atoms with Gasteiger partial charge in [-0.1, -0.05) is 19.3 Å². The first kappa shape index (κ1) is 13.9. The Labute approximate surface area is 124 Å². The smallest absolute Gasteiger partial charge is 0.227 e. The molecule has 1 saturated carbocycles. The van der Waals surface area contributed by atoms with Crippen molar-refractivity contribution in [2.24, 2.45) is 5.92 Å². The third kappa shape index (κ3) is 2.99. The summed E-state index contributed by atoms with van der Waals surface area (Å²) in [5.41, 5.74) is 1.67. The fourth-order valence-electron chi connectivity index (χ4n) is 2.96. The standard InChI is InChI=1S/C17H20N2O2/c1-21-13-7-8-15-14(11-13)16(9-10-18-15)19-17(20)12-5-3-2-4-6-12/h7-12H,2-6H2,1H3,(H,18,19,20). The SMILES string of the molecule is COc1ccc2nccc(NC(=O)C3CCCCC3)c2c1. The minimum absolute atomic E-state index is 0.130. The second kappa shape index (κ2) is 6.12. The van der Waals surface area contributed by atoms with Gasteiger partial charge < -0.3 is 10.1 Å². The molecule has 0 unspecified atom stereocenters. The van der Waals surface area contributed by atoms with Crippen LogP contribution >= 0.6 is 0 Å². The topological polar surface area (TPSA) is 51.2 Å². The number of nitrogens with zero attached hydrogens (tertiary/aromatic N) is 1. The second-order valence-electron chi connectivity index (χ2n) is 5.57. The monoisotopic (exact) mass is 284 g/mol. The number of carbonyl (C=O) groups is 1. The molecular formula is C17H20N2O2. The van der Waals surface area contributed by atoms with Gasteiger partial charge >= 0.3 is 0 Å². The van der Waals surface area contributed by atoms with E-state index < -0.39 is 0 Å². The summed E-state index contributed by atoms with van der Waals surface area (Å²) in [6.45, 7) is 0. The van der Waals surface area contributed by atoms with Gasteiger partial charge in [-0.25, -0.2) is 0 Å². The number of ether oxygens (including phenoxy) is 1. The molecule has 4 heteroatoms. The van der Waals surface area contributed by atoms with E-state index in [1.54, 1.807) is 13.3 Å². The molecule has 1 aromatic carbocycles. The van der Waals surface area contributed by atoms with Crippen LogP contribution in [-0.2, 0) is 4.79 Å². The Bertz CT molecular complexity index is 648. The fraction of sp³-hybridized carbons (Fsp3) is 0.412. The van der Waals surface area contributed by atoms with Crippen LogP contribution in [-0.4, -0.2) is 18.0 Å². The molecule has 1 N–H and O–H groups in total. The predicted octanol–water partition coefficient (Wildman–Crippen LogP) is 3.76. The van der Waals surface area contributed by atoms with Crippen LogP contribution in [0.5, 0.6) is 5.75 Å². The van der Waals surface area contributed by atoms with Crippen LogP contribution in [0.3, 0.4) is 0 Å². The van der Waals surface area contributed by atoms with Crippen LogP contribution in [0, 0.1) is 5.92 Å². The lowest BCUT2D eigenvalue weighted by molar-refractivity contribution is -0.120. The fourth-order valence-corrected chi connectivity index (χ4v) is 2.96. The Balaban J connectivity index is 1.87. The van der Waals surface area contributed by atoms with Gasteiger partial charge in [0.15, 0.2) is 0 Å². The summed E-state index contributed by atoms with van der Waals surface area (Å²) in [7, 11) is 1.64. The van der Waals surface area contributed by atoms with Crippen LogP contribution in [0.2, 0.25) is 0 Å². The van der Waals surface area contributed by atoms with Crippen molar-refractivity contribution >= 4 is 22.5 Å². The van der Waals surface area contributed by atoms with Gasteiger partial charge in [-0.3, -0.25) is 9.78 Å². The molecule has 0 saturated heterocycles. The van der Waals surface area contributed by atoms with Crippen LogP contribution in [0.15, 0.2) is 30.5 Å². The van der Waals surface area contributed by atoms with Crippen molar-refractivity contribution in [1.29, 1.82) is 0 Å². The minimum Gasteiger partial charge on any atom is -0.497 e. The Kier molecular flexibility index (Phi) is 4.04. The van der Waals surface area contributed by atoms with Gasteiger partial charge in [-0.2, -0.15) is 0 Å². The van der Waals surface area contributed by atoms with Crippen LogP contribution in [0.1, 0.15) is 32.1 Å². The van der Waals surface area contributed by atoms with Gasteiger partial charge in [-0.05, 0) is 37.1 Å². The molecule has 4 nitrogen and oxygen atoms in total. The highest BCUT2D eigenvalue weighted by atomic mass is 16.5. The lowest BCUT2D eigenvalue weighted by Crippen LogP contribution is -2.24. The number of benzene rings is 1. The van der Waals surface area contributed by atoms with Crippen molar-refractivity contribution in [2.45, 2.75) is 32.1 Å². The van der Waals surface area contributed by atoms with Crippen LogP contribution in [0.4, 0.5) is 5.69 Å². The van der Waals surface area contributed by atoms with E-state index in [2.05, 4.69) is 10.3 Å². The molecule has 1 amide bonds. The highest BCUT2D eigenvalue weighted by Gasteiger charge is 2.21. The van der Waals surface area contributed by atoms with Crippen molar-refractivity contribution in [3.63, 3.8) is 0 Å². The van der Waals surface area contributed by atoms with Crippen LogP contribution in [0.25, 0.3) is 10.9 Å². The molecule has 0 aliphatic heterocycles. The number of anilines is 1. The highest BCUT2D eigenvalue weighted by Crippen LogP contribution is 2.28. The summed E-state index contributed by atoms with van der Waals surface area (Å²) in [5.74, 6) is 1.04. The maximum atomic E-state index is 12.4. The summed E-state index contributed by atoms with van der Waals surface area (Å²) in [6, 6.07) is 7.55. The maximum absolute atomic E-state index is 12.4. The van der Waals surface area contributed by atoms with Crippen molar-refractivity contribution in [3.8, 4) is 5.75 Å². The number of nitrogens with one attached hydrogen (secondary N) is 1. The lowest BCUT2D eigenvalue weighted by atomic mass is 9.88. The van der Waals surface area contributed by atoms with Gasteiger partial charge in [0.05, 0.1) is 18.3 Å². The number of carbonyl (C=O) groups excluding carboxylic acids is 1. The molecule has 0 radical (unpaired) electrons. The molecule has 2 aromatic rings. The van der Waals surface area contributed by atoms with Gasteiger partial charge in [0.1, 0.15) is 5.75 Å². The summed E-state index contributed by atoms with van der Waals surface area (Å²) in [5, 5.41) is 3.99. The molecule has 21 heavy (non-hydrogen) atoms. The number of fused-ring (bicyclic) bond motifs is 1. The Hall–Kier alpha value is -2.10. The largest absolute Gasteiger partial charge is 0.497 e. The molecule has 1 heterocycles. The van der Waals surface area contributed by atoms with E-state index in [4.69, 9.17) is 4.74 Å². The number of methoxy groups -OCH3 is 1. The summed E-state index contributed by atoms with van der Waals surface area (Å²) >= 11 is 0. The maximum Gasteiger partial charge on any atom is 0.227 e. The summed E-state index contributed by atoms with van der Waals surface area (Å²) in [4.78, 5) is 16.7. The van der Waals surface area contributed by atoms with E-state index >= 15 is 0 Å². The van der Waals surface area contributed by atoms with Crippen molar-refractivity contribution in [1.82, 2.24) is 4.98 Å². The average molecular weight is 284 g/mol. The van der Waals surface area contributed by atoms with Gasteiger partial charge in [0, 0.05) is 17.5 Å². The summed E-state index contributed by atoms with van der Waals surface area (Å²) in [6.07, 6.45) is 7.28. The van der Waals surface area contributed by atoms with Crippen LogP contribution < -0.4 is 10.1 Å². The zero-order valence-electron chi connectivity index (χ0n) is 12.3. The van der Waals surface area contributed by atoms with E-state index in [1.807, 2.05) is 24.3 Å². The van der Waals surface area contributed by atoms with Gasteiger partial charge in [0.25, 0.3) is 0 Å². The third-order valence-electron chi connectivity index (χ3n) is 4.18. The molecule has 1 aliphatic carbocycles. The number of aromatic nitrogens is 1. The molecule has 0 bridgehead atoms. The zero-order valence-corrected chi connectivity index (χ0v) is 12.3. The molecule has 3 rings (SSSR count). The Morgan fingerprint density at radius 1 is 1.24 bits per heavy atom. The quantitative estimate of drug-likeness (QED) is 0.933. The van der Waals surface area contributed by atoms with Gasteiger partial charge in [-0.15, -0.1) is 0 Å². The molecule has 110 valence electrons. The predicted molar refractivity (Wildman–Crippen MR) is 83.5 cm³/mol. The number of hydrogen-bond donors (Lipinski definition) is 1. The lowest BCUT2D eigenvalue weighted by Gasteiger charge is -2.21. The third-order valence-corrected chi connectivity index (χ3v) is 4.18. The van der Waals surface area contributed by atoms with E-state index in [9.17, 15) is 4.79 Å². The molecule has 0 spiro atoms. The molecule has 1 aliphatic rings. The minimum atomic E-state index is 0.130. The average Bonchev–Trinajstić information content (AvgIpc) is 2.55. The highest BCUT2D eigenvalue weighted by molar-refractivity contribution is 6.02. The molecular weight excluding hydrogens is 264 g/mol. The Morgan fingerprint density at radius 2 is 2.05 bits per heavy atom. The van der Waals surface area contributed by atoms with Gasteiger partial charge in [0.2, 0.25) is 5.91 Å². The van der Waals surface area contributed by atoms with E-state index in [1.165, 1.54) is 6.42 Å². The molecule has 1 fully saturated rings. The molecule has 0 atom stereocenters. The number of hydrogen-bond acceptors (Lipinski definition) is 3. The van der Waals surface area contributed by atoms with E-state index in [-0.39, 0.29) is 11.8 Å². The van der Waals surface area contributed by atoms with E-state index in [0.717, 1.165) is 48.0 Å². The Morgan fingerprint density at radius 3 is 2.81 bits per heavy atom. The molecule has 1 aromatic heterocycles. The first-order chi connectivity index (χ1) is 10.3. The number of amides is 1. The zero-order chi connectivity index (χ0) is 14.7. The normalized spacial score (nSPS) is 15.9. The first-order valence-corrected chi connectivity index (χ1v) is 7.51. The summed E-state index contributed by atoms with van der Waals surface area (Å²) < 4.78 is 5.26. The number of rotatable bonds is 3. The first-order valence-electron chi connectivity index (χ1n) is 7.51. The van der Waals surface area contributed by atoms with Crippen molar-refractivity contribution < 1.29 is 9.53 Å². The second-order valence-corrected chi connectivity index (χ2v) is 5.57.